The van der Waals surface area contributed by atoms with Crippen LogP contribution in [-0.2, 0) is 9.59 Å². The molecule has 0 aliphatic heterocycles. The lowest BCUT2D eigenvalue weighted by Crippen LogP contribution is -2.57. The number of ketones is 2. The van der Waals surface area contributed by atoms with Crippen LogP contribution in [0.5, 0.6) is 0 Å². The Morgan fingerprint density at radius 1 is 1.20 bits per heavy atom. The summed E-state index contributed by atoms with van der Waals surface area (Å²) in [4.78, 5) is 24.2. The molecule has 0 radical (unpaired) electrons. The fourth-order valence-electron chi connectivity index (χ4n) is 7.21. The standard InChI is InChI=1S/C22H30O3/c1-13-11-16-17(20(3)8-5-15(24)12-19(13)20)6-9-21(4)18(16)7-10-22(21,25)14(2)23/h5,8,12-13,16-18,25H,6-7,9-11H2,1-4H3/t13?,16-,17+,18+,20-,21+,22+/m1/s1. The number of rotatable bonds is 1. The second kappa shape index (κ2) is 5.16. The Balaban J connectivity index is 1.75. The lowest BCUT2D eigenvalue weighted by molar-refractivity contribution is -0.159. The molecular weight excluding hydrogens is 312 g/mol. The summed E-state index contributed by atoms with van der Waals surface area (Å²) in [5.41, 5.74) is -0.203. The van der Waals surface area contributed by atoms with E-state index in [1.165, 1.54) is 5.57 Å². The molecular formula is C22H30O3. The first-order valence-corrected chi connectivity index (χ1v) is 9.82. The van der Waals surface area contributed by atoms with Crippen LogP contribution >= 0.6 is 0 Å². The molecule has 0 bridgehead atoms. The second-order valence-electron chi connectivity index (χ2n) is 9.54. The van der Waals surface area contributed by atoms with Crippen LogP contribution in [0.15, 0.2) is 23.8 Å². The molecule has 1 N–H and O–H groups in total. The van der Waals surface area contributed by atoms with Crippen LogP contribution in [0.1, 0.15) is 59.8 Å². The molecule has 0 amide bonds. The third-order valence-corrected chi connectivity index (χ3v) is 8.61. The average Bonchev–Trinajstić information content (AvgIpc) is 2.83. The van der Waals surface area contributed by atoms with Gasteiger partial charge in [-0.3, -0.25) is 9.59 Å². The molecule has 0 aromatic rings. The minimum absolute atomic E-state index is 0.0471. The molecule has 0 aromatic heterocycles. The maximum Gasteiger partial charge on any atom is 0.178 e. The summed E-state index contributed by atoms with van der Waals surface area (Å²) < 4.78 is 0. The predicted octanol–water partition coefficient (Wildman–Crippen LogP) is 3.86. The van der Waals surface area contributed by atoms with Gasteiger partial charge in [-0.25, -0.2) is 0 Å². The van der Waals surface area contributed by atoms with Crippen LogP contribution in [0, 0.1) is 34.5 Å². The number of allylic oxidation sites excluding steroid dienone is 4. The largest absolute Gasteiger partial charge is 0.382 e. The van der Waals surface area contributed by atoms with Crippen molar-refractivity contribution in [3.63, 3.8) is 0 Å². The third kappa shape index (κ3) is 2.02. The number of carbonyl (C=O) groups excluding carboxylic acids is 2. The molecule has 4 aliphatic carbocycles. The van der Waals surface area contributed by atoms with E-state index < -0.39 is 5.60 Å². The van der Waals surface area contributed by atoms with Crippen molar-refractivity contribution in [2.45, 2.75) is 65.4 Å². The van der Waals surface area contributed by atoms with Crippen LogP contribution in [0.3, 0.4) is 0 Å². The van der Waals surface area contributed by atoms with Crippen LogP contribution in [-0.4, -0.2) is 22.3 Å². The third-order valence-electron chi connectivity index (χ3n) is 8.61. The van der Waals surface area contributed by atoms with Gasteiger partial charge in [0.1, 0.15) is 5.60 Å². The first-order chi connectivity index (χ1) is 11.6. The minimum Gasteiger partial charge on any atom is -0.382 e. The smallest absolute Gasteiger partial charge is 0.178 e. The van der Waals surface area contributed by atoms with Gasteiger partial charge in [-0.2, -0.15) is 0 Å². The number of Topliss-reactive ketones (excluding diaryl/α,β-unsaturated/α-hetero) is 1. The lowest BCUT2D eigenvalue weighted by atomic mass is 9.45. The lowest BCUT2D eigenvalue weighted by Gasteiger charge is -2.59. The van der Waals surface area contributed by atoms with E-state index in [9.17, 15) is 14.7 Å². The van der Waals surface area contributed by atoms with Gasteiger partial charge in [0.25, 0.3) is 0 Å². The van der Waals surface area contributed by atoms with Crippen LogP contribution in [0.4, 0.5) is 0 Å². The summed E-state index contributed by atoms with van der Waals surface area (Å²) in [7, 11) is 0. The van der Waals surface area contributed by atoms with Gasteiger partial charge in [-0.1, -0.05) is 32.4 Å². The van der Waals surface area contributed by atoms with Gasteiger partial charge >= 0.3 is 0 Å². The van der Waals surface area contributed by atoms with Gasteiger partial charge in [0.15, 0.2) is 11.6 Å². The summed E-state index contributed by atoms with van der Waals surface area (Å²) >= 11 is 0. The van der Waals surface area contributed by atoms with E-state index in [1.807, 2.05) is 6.08 Å². The average molecular weight is 342 g/mol. The summed E-state index contributed by atoms with van der Waals surface area (Å²) in [6.45, 7) is 8.25. The van der Waals surface area contributed by atoms with Gasteiger partial charge in [-0.05, 0) is 74.9 Å². The first-order valence-electron chi connectivity index (χ1n) is 9.82. The molecule has 25 heavy (non-hydrogen) atoms. The van der Waals surface area contributed by atoms with Crippen molar-refractivity contribution in [3.8, 4) is 0 Å². The number of hydrogen-bond donors (Lipinski definition) is 1. The van der Waals surface area contributed by atoms with Crippen molar-refractivity contribution in [3.05, 3.63) is 23.8 Å². The van der Waals surface area contributed by atoms with Crippen LogP contribution < -0.4 is 0 Å². The Labute approximate surface area is 150 Å². The minimum atomic E-state index is -1.15. The molecule has 0 aromatic carbocycles. The summed E-state index contributed by atoms with van der Waals surface area (Å²) in [6, 6.07) is 0. The number of hydrogen-bond acceptors (Lipinski definition) is 3. The highest BCUT2D eigenvalue weighted by atomic mass is 16.3. The topological polar surface area (TPSA) is 54.4 Å². The van der Waals surface area contributed by atoms with Gasteiger partial charge in [0, 0.05) is 10.8 Å². The Morgan fingerprint density at radius 3 is 2.56 bits per heavy atom. The summed E-state index contributed by atoms with van der Waals surface area (Å²) in [5.74, 6) is 1.86. The zero-order valence-corrected chi connectivity index (χ0v) is 15.8. The Hall–Kier alpha value is -1.22. The van der Waals surface area contributed by atoms with Gasteiger partial charge in [0.2, 0.25) is 0 Å². The van der Waals surface area contributed by atoms with Gasteiger partial charge in [0.05, 0.1) is 0 Å². The van der Waals surface area contributed by atoms with Gasteiger partial charge < -0.3 is 5.11 Å². The van der Waals surface area contributed by atoms with Crippen molar-refractivity contribution in [2.75, 3.05) is 0 Å². The highest BCUT2D eigenvalue weighted by Crippen LogP contribution is 2.67. The Morgan fingerprint density at radius 2 is 1.88 bits per heavy atom. The van der Waals surface area contributed by atoms with Gasteiger partial charge in [-0.15, -0.1) is 0 Å². The van der Waals surface area contributed by atoms with E-state index in [0.29, 0.717) is 30.1 Å². The molecule has 1 unspecified atom stereocenters. The fraction of sp³-hybridized carbons (Fsp3) is 0.727. The molecule has 3 heteroatoms. The molecule has 4 rings (SSSR count). The molecule has 136 valence electrons. The van der Waals surface area contributed by atoms with Crippen molar-refractivity contribution >= 4 is 11.6 Å². The monoisotopic (exact) mass is 342 g/mol. The first kappa shape index (κ1) is 17.2. The van der Waals surface area contributed by atoms with Crippen LogP contribution in [0.2, 0.25) is 0 Å². The predicted molar refractivity (Wildman–Crippen MR) is 96.8 cm³/mol. The Kier molecular flexibility index (Phi) is 3.55. The van der Waals surface area contributed by atoms with Crippen LogP contribution in [0.25, 0.3) is 0 Å². The van der Waals surface area contributed by atoms with Crippen molar-refractivity contribution in [1.29, 1.82) is 0 Å². The van der Waals surface area contributed by atoms with E-state index >= 15 is 0 Å². The molecule has 7 atom stereocenters. The van der Waals surface area contributed by atoms with Crippen molar-refractivity contribution in [1.82, 2.24) is 0 Å². The molecule has 3 fully saturated rings. The number of aliphatic hydroxyl groups is 1. The van der Waals surface area contributed by atoms with E-state index in [-0.39, 0.29) is 22.4 Å². The molecule has 4 aliphatic rings. The number of carbonyl (C=O) groups is 2. The normalized spacial score (nSPS) is 51.4. The quantitative estimate of drug-likeness (QED) is 0.787. The highest BCUT2D eigenvalue weighted by Gasteiger charge is 2.65. The SMILES string of the molecule is CC(=O)[C@@]1(O)CC[C@H]2[C@@H]3CC(C)C4=CC(=O)C=C[C@]4(C)[C@H]3CC[C@@]21C. The second-order valence-corrected chi connectivity index (χ2v) is 9.54. The maximum atomic E-state index is 12.3. The fourth-order valence-corrected chi connectivity index (χ4v) is 7.21. The van der Waals surface area contributed by atoms with E-state index in [2.05, 4.69) is 26.8 Å². The Bertz CT molecular complexity index is 704. The zero-order chi connectivity index (χ0) is 18.2. The number of fused-ring (bicyclic) bond motifs is 5. The molecule has 3 saturated carbocycles. The molecule has 0 spiro atoms. The van der Waals surface area contributed by atoms with Crippen molar-refractivity contribution in [2.24, 2.45) is 34.5 Å². The maximum absolute atomic E-state index is 12.3. The highest BCUT2D eigenvalue weighted by molar-refractivity contribution is 6.01. The van der Waals surface area contributed by atoms with E-state index in [4.69, 9.17) is 0 Å². The summed E-state index contributed by atoms with van der Waals surface area (Å²) in [5, 5.41) is 11.2. The molecule has 3 nitrogen and oxygen atoms in total. The zero-order valence-electron chi connectivity index (χ0n) is 15.8. The summed E-state index contributed by atoms with van der Waals surface area (Å²) in [6.07, 6.45) is 10.3. The van der Waals surface area contributed by atoms with E-state index in [1.54, 1.807) is 13.0 Å². The molecule has 0 saturated heterocycles. The van der Waals surface area contributed by atoms with E-state index in [0.717, 1.165) is 25.7 Å². The van der Waals surface area contributed by atoms with Crippen molar-refractivity contribution < 1.29 is 14.7 Å². The molecule has 0 heterocycles.